The molecule has 29 heavy (non-hydrogen) atoms. The van der Waals surface area contributed by atoms with E-state index in [2.05, 4.69) is 20.9 Å². The highest BCUT2D eigenvalue weighted by Gasteiger charge is 2.11. The number of rotatable bonds is 6. The Kier molecular flexibility index (Phi) is 8.11. The van der Waals surface area contributed by atoms with Crippen molar-refractivity contribution in [2.24, 2.45) is 0 Å². The molecule has 0 radical (unpaired) electrons. The molecule has 0 aliphatic rings. The van der Waals surface area contributed by atoms with Crippen molar-refractivity contribution in [1.82, 2.24) is 16.2 Å². The number of carbonyl (C=O) groups excluding carboxylic acids is 3. The Morgan fingerprint density at radius 2 is 1.55 bits per heavy atom. The first-order valence-electron chi connectivity index (χ1n) is 8.73. The highest BCUT2D eigenvalue weighted by molar-refractivity contribution is 7.80. The summed E-state index contributed by atoms with van der Waals surface area (Å²) in [5.74, 6) is -0.895. The van der Waals surface area contributed by atoms with Gasteiger partial charge < -0.3 is 9.47 Å². The molecule has 0 aliphatic carbocycles. The zero-order valence-corrected chi connectivity index (χ0v) is 16.8. The van der Waals surface area contributed by atoms with Crippen molar-refractivity contribution >= 4 is 35.1 Å². The van der Waals surface area contributed by atoms with Crippen LogP contribution >= 0.6 is 12.2 Å². The van der Waals surface area contributed by atoms with Crippen molar-refractivity contribution < 1.29 is 23.9 Å². The quantitative estimate of drug-likeness (QED) is 0.375. The van der Waals surface area contributed by atoms with Crippen LogP contribution in [0.2, 0.25) is 0 Å². The molecule has 0 heterocycles. The predicted octanol–water partition coefficient (Wildman–Crippen LogP) is 1.75. The largest absolute Gasteiger partial charge is 0.484 e. The molecule has 0 saturated carbocycles. The van der Waals surface area contributed by atoms with Crippen molar-refractivity contribution in [2.75, 3.05) is 13.7 Å². The maximum atomic E-state index is 12.1. The molecule has 2 aromatic carbocycles. The fourth-order valence-electron chi connectivity index (χ4n) is 2.21. The molecule has 0 spiro atoms. The van der Waals surface area contributed by atoms with E-state index in [4.69, 9.17) is 17.0 Å². The van der Waals surface area contributed by atoms with E-state index in [0.717, 1.165) is 6.42 Å². The summed E-state index contributed by atoms with van der Waals surface area (Å²) in [6, 6.07) is 13.3. The second kappa shape index (κ2) is 10.8. The number of methoxy groups -OCH3 is 1. The smallest absolute Gasteiger partial charge is 0.337 e. The molecular formula is C20H21N3O5S. The molecule has 0 atom stereocenters. The normalized spacial score (nSPS) is 9.86. The number of benzene rings is 2. The van der Waals surface area contributed by atoms with Crippen LogP contribution in [0.1, 0.15) is 33.2 Å². The minimum Gasteiger partial charge on any atom is -0.484 e. The first-order valence-corrected chi connectivity index (χ1v) is 9.14. The number of hydrazine groups is 1. The van der Waals surface area contributed by atoms with Crippen molar-refractivity contribution in [3.05, 3.63) is 65.2 Å². The van der Waals surface area contributed by atoms with Crippen molar-refractivity contribution in [2.45, 2.75) is 13.3 Å². The van der Waals surface area contributed by atoms with E-state index in [1.807, 2.05) is 19.1 Å². The summed E-state index contributed by atoms with van der Waals surface area (Å²) >= 11 is 4.97. The second-order valence-electron chi connectivity index (χ2n) is 5.81. The van der Waals surface area contributed by atoms with Crippen LogP contribution in [-0.4, -0.2) is 36.6 Å². The van der Waals surface area contributed by atoms with Crippen LogP contribution in [-0.2, 0) is 16.0 Å². The summed E-state index contributed by atoms with van der Waals surface area (Å²) in [4.78, 5) is 35.3. The van der Waals surface area contributed by atoms with Crippen LogP contribution in [0.25, 0.3) is 0 Å². The number of aryl methyl sites for hydroxylation is 1. The molecule has 0 aromatic heterocycles. The highest BCUT2D eigenvalue weighted by Crippen LogP contribution is 2.12. The number of hydrogen-bond donors (Lipinski definition) is 3. The molecule has 9 heteroatoms. The second-order valence-corrected chi connectivity index (χ2v) is 6.22. The third-order valence-electron chi connectivity index (χ3n) is 3.81. The van der Waals surface area contributed by atoms with Gasteiger partial charge in [-0.1, -0.05) is 19.1 Å². The summed E-state index contributed by atoms with van der Waals surface area (Å²) in [7, 11) is 1.27. The first kappa shape index (κ1) is 21.8. The van der Waals surface area contributed by atoms with Gasteiger partial charge in [0.05, 0.1) is 12.7 Å². The third kappa shape index (κ3) is 6.89. The topological polar surface area (TPSA) is 106 Å². The van der Waals surface area contributed by atoms with Gasteiger partial charge in [0.15, 0.2) is 11.7 Å². The highest BCUT2D eigenvalue weighted by atomic mass is 32.1. The molecule has 0 unspecified atom stereocenters. The lowest BCUT2D eigenvalue weighted by Crippen LogP contribution is -2.49. The van der Waals surface area contributed by atoms with E-state index in [9.17, 15) is 14.4 Å². The van der Waals surface area contributed by atoms with Gasteiger partial charge in [0.1, 0.15) is 5.75 Å². The van der Waals surface area contributed by atoms with Gasteiger partial charge >= 0.3 is 5.97 Å². The standard InChI is InChI=1S/C20H21N3O5S/c1-3-13-4-10-16(11-5-13)28-12-17(24)22-23-20(29)21-18(25)14-6-8-15(9-7-14)19(26)27-2/h4-11H,3,12H2,1-2H3,(H,22,24)(H2,21,23,25,29). The fraction of sp³-hybridized carbons (Fsp3) is 0.200. The Morgan fingerprint density at radius 1 is 0.931 bits per heavy atom. The average Bonchev–Trinajstić information content (AvgIpc) is 2.76. The predicted molar refractivity (Wildman–Crippen MR) is 110 cm³/mol. The fourth-order valence-corrected chi connectivity index (χ4v) is 2.36. The SMILES string of the molecule is CCc1ccc(OCC(=O)NNC(=S)NC(=O)c2ccc(C(=O)OC)cc2)cc1. The van der Waals surface area contributed by atoms with Gasteiger partial charge in [-0.3, -0.25) is 25.8 Å². The number of amides is 2. The number of hydrogen-bond acceptors (Lipinski definition) is 6. The van der Waals surface area contributed by atoms with E-state index in [-0.39, 0.29) is 17.3 Å². The lowest BCUT2D eigenvalue weighted by Gasteiger charge is -2.11. The Labute approximate surface area is 173 Å². The molecule has 0 bridgehead atoms. The van der Waals surface area contributed by atoms with Gasteiger partial charge in [-0.2, -0.15) is 0 Å². The zero-order valence-electron chi connectivity index (χ0n) is 16.0. The van der Waals surface area contributed by atoms with Crippen molar-refractivity contribution in [1.29, 1.82) is 0 Å². The van der Waals surface area contributed by atoms with Crippen LogP contribution in [0.15, 0.2) is 48.5 Å². The summed E-state index contributed by atoms with van der Waals surface area (Å²) in [5.41, 5.74) is 6.53. The monoisotopic (exact) mass is 415 g/mol. The molecule has 3 N–H and O–H groups in total. The lowest BCUT2D eigenvalue weighted by molar-refractivity contribution is -0.123. The Balaban J connectivity index is 1.74. The maximum absolute atomic E-state index is 12.1. The molecular weight excluding hydrogens is 394 g/mol. The molecule has 0 saturated heterocycles. The van der Waals surface area contributed by atoms with Gasteiger partial charge in [-0.25, -0.2) is 4.79 Å². The Hall–Kier alpha value is -3.46. The number of thiocarbonyl (C=S) groups is 1. The first-order chi connectivity index (χ1) is 13.9. The molecule has 2 aromatic rings. The third-order valence-corrected chi connectivity index (χ3v) is 4.02. The lowest BCUT2D eigenvalue weighted by atomic mass is 10.1. The van der Waals surface area contributed by atoms with E-state index in [0.29, 0.717) is 11.3 Å². The minimum atomic E-state index is -0.500. The van der Waals surface area contributed by atoms with Gasteiger partial charge in [-0.05, 0) is 60.6 Å². The number of nitrogens with one attached hydrogen (secondary N) is 3. The van der Waals surface area contributed by atoms with Crippen molar-refractivity contribution in [3.63, 3.8) is 0 Å². The van der Waals surface area contributed by atoms with Crippen LogP contribution in [0.5, 0.6) is 5.75 Å². The van der Waals surface area contributed by atoms with E-state index in [1.54, 1.807) is 12.1 Å². The van der Waals surface area contributed by atoms with Gasteiger partial charge in [0.25, 0.3) is 11.8 Å². The summed E-state index contributed by atoms with van der Waals surface area (Å²) < 4.78 is 9.96. The minimum absolute atomic E-state index is 0.0901. The van der Waals surface area contributed by atoms with E-state index >= 15 is 0 Å². The molecule has 2 amide bonds. The number of ether oxygens (including phenoxy) is 2. The Morgan fingerprint density at radius 3 is 2.14 bits per heavy atom. The van der Waals surface area contributed by atoms with E-state index in [1.165, 1.54) is 36.9 Å². The molecule has 0 fully saturated rings. The summed E-state index contributed by atoms with van der Waals surface area (Å²) in [5, 5.41) is 2.32. The van der Waals surface area contributed by atoms with Crippen LogP contribution in [0.4, 0.5) is 0 Å². The van der Waals surface area contributed by atoms with Gasteiger partial charge in [0, 0.05) is 5.56 Å². The van der Waals surface area contributed by atoms with Crippen LogP contribution in [0.3, 0.4) is 0 Å². The van der Waals surface area contributed by atoms with Crippen LogP contribution < -0.4 is 20.9 Å². The number of carbonyl (C=O) groups is 3. The molecule has 8 nitrogen and oxygen atoms in total. The van der Waals surface area contributed by atoms with E-state index < -0.39 is 17.8 Å². The zero-order chi connectivity index (χ0) is 21.2. The number of esters is 1. The van der Waals surface area contributed by atoms with Crippen LogP contribution in [0, 0.1) is 0 Å². The Bertz CT molecular complexity index is 882. The van der Waals surface area contributed by atoms with Gasteiger partial charge in [0.2, 0.25) is 0 Å². The molecule has 2 rings (SSSR count). The average molecular weight is 415 g/mol. The molecule has 0 aliphatic heterocycles. The van der Waals surface area contributed by atoms with Gasteiger partial charge in [-0.15, -0.1) is 0 Å². The summed E-state index contributed by atoms with van der Waals surface area (Å²) in [6.07, 6.45) is 0.920. The molecule has 152 valence electrons. The summed E-state index contributed by atoms with van der Waals surface area (Å²) in [6.45, 7) is 1.83. The van der Waals surface area contributed by atoms with Crippen molar-refractivity contribution in [3.8, 4) is 5.75 Å². The maximum Gasteiger partial charge on any atom is 0.337 e.